The Labute approximate surface area is 277 Å². The molecule has 1 aromatic heterocycles. The molecule has 1 heterocycles. The number of ether oxygens (including phenoxy) is 2. The second kappa shape index (κ2) is 14.1. The maximum absolute atomic E-state index is 13.5. The van der Waals surface area contributed by atoms with Crippen molar-refractivity contribution in [1.82, 2.24) is 4.98 Å². The molecule has 2 N–H and O–H groups in total. The second-order valence-corrected chi connectivity index (χ2v) is 13.2. The van der Waals surface area contributed by atoms with Crippen LogP contribution in [-0.4, -0.2) is 23.9 Å². The Morgan fingerprint density at radius 3 is 2.21 bits per heavy atom. The third kappa shape index (κ3) is 8.36. The Morgan fingerprint density at radius 1 is 0.830 bits per heavy atom. The molecule has 5 rings (SSSR count). The molecule has 0 aliphatic heterocycles. The maximum Gasteiger partial charge on any atom is 0.323 e. The highest BCUT2D eigenvalue weighted by Crippen LogP contribution is 2.37. The molecule has 242 valence electrons. The fraction of sp³-hybridized carbons (Fsp3) is 0.275. The van der Waals surface area contributed by atoms with Crippen molar-refractivity contribution >= 4 is 34.0 Å². The standard InChI is InChI=1S/C40H43N3O4/c1-25-18-26(2)20-28(19-25)21-31-24-32(16-17-41-31)47-37-15-14-35(33-10-8-9-11-34(33)37)42-39(45)43-36-23-30(40(4,5)6)22-29(38(36)46-7)13-12-27(3)44/h8-11,14-20,22-24H,12-13,21H2,1-7H3,(H2,42,43,45). The summed E-state index contributed by atoms with van der Waals surface area (Å²) in [6, 6.07) is 25.5. The number of Topliss-reactive ketones (excluding diaryl/α,β-unsaturated/α-hetero) is 1. The zero-order chi connectivity index (χ0) is 33.7. The van der Waals surface area contributed by atoms with Crippen molar-refractivity contribution in [1.29, 1.82) is 0 Å². The van der Waals surface area contributed by atoms with Crippen molar-refractivity contribution in [3.63, 3.8) is 0 Å². The fourth-order valence-corrected chi connectivity index (χ4v) is 5.82. The molecule has 0 aliphatic rings. The highest BCUT2D eigenvalue weighted by Gasteiger charge is 2.21. The van der Waals surface area contributed by atoms with Crippen LogP contribution in [0, 0.1) is 13.8 Å². The average Bonchev–Trinajstić information content (AvgIpc) is 3.00. The van der Waals surface area contributed by atoms with Gasteiger partial charge in [0.2, 0.25) is 0 Å². The quantitative estimate of drug-likeness (QED) is 0.161. The summed E-state index contributed by atoms with van der Waals surface area (Å²) in [6.45, 7) is 12.1. The largest absolute Gasteiger partial charge is 0.494 e. The summed E-state index contributed by atoms with van der Waals surface area (Å²) in [5.74, 6) is 2.01. The Balaban J connectivity index is 1.38. The van der Waals surface area contributed by atoms with Crippen molar-refractivity contribution in [2.24, 2.45) is 0 Å². The summed E-state index contributed by atoms with van der Waals surface area (Å²) < 4.78 is 12.1. The molecule has 0 aliphatic carbocycles. The SMILES string of the molecule is COc1c(CCC(C)=O)cc(C(C)(C)C)cc1NC(=O)Nc1ccc(Oc2ccnc(Cc3cc(C)cc(C)c3)c2)c2ccccc12. The minimum atomic E-state index is -0.407. The first-order valence-corrected chi connectivity index (χ1v) is 15.9. The summed E-state index contributed by atoms with van der Waals surface area (Å²) in [5.41, 5.74) is 7.52. The number of hydrogen-bond donors (Lipinski definition) is 2. The van der Waals surface area contributed by atoms with E-state index in [4.69, 9.17) is 9.47 Å². The summed E-state index contributed by atoms with van der Waals surface area (Å²) in [5, 5.41) is 7.72. The van der Waals surface area contributed by atoms with E-state index < -0.39 is 6.03 Å². The van der Waals surface area contributed by atoms with E-state index in [-0.39, 0.29) is 11.2 Å². The van der Waals surface area contributed by atoms with Crippen LogP contribution in [0.2, 0.25) is 0 Å². The molecule has 0 atom stereocenters. The lowest BCUT2D eigenvalue weighted by atomic mass is 9.85. The number of anilines is 2. The number of pyridine rings is 1. The Kier molecular flexibility index (Phi) is 9.95. The van der Waals surface area contributed by atoms with Crippen LogP contribution < -0.4 is 20.1 Å². The highest BCUT2D eigenvalue weighted by atomic mass is 16.5. The van der Waals surface area contributed by atoms with Crippen LogP contribution in [0.1, 0.15) is 67.6 Å². The smallest absolute Gasteiger partial charge is 0.323 e. The molecule has 0 radical (unpaired) electrons. The van der Waals surface area contributed by atoms with Gasteiger partial charge in [0.05, 0.1) is 18.5 Å². The van der Waals surface area contributed by atoms with Crippen molar-refractivity contribution in [2.45, 2.75) is 66.2 Å². The first-order valence-electron chi connectivity index (χ1n) is 15.9. The number of hydrogen-bond acceptors (Lipinski definition) is 5. The number of aromatic nitrogens is 1. The number of carbonyl (C=O) groups excluding carboxylic acids is 2. The molecule has 0 fully saturated rings. The molecule has 0 spiro atoms. The monoisotopic (exact) mass is 629 g/mol. The molecule has 2 amide bonds. The summed E-state index contributed by atoms with van der Waals surface area (Å²) >= 11 is 0. The number of urea groups is 1. The molecule has 7 heteroatoms. The van der Waals surface area contributed by atoms with Crippen LogP contribution >= 0.6 is 0 Å². The topological polar surface area (TPSA) is 89.5 Å². The Bertz CT molecular complexity index is 1920. The van der Waals surface area contributed by atoms with Gasteiger partial charge in [0.25, 0.3) is 0 Å². The first kappa shape index (κ1) is 33.2. The summed E-state index contributed by atoms with van der Waals surface area (Å²) in [6.07, 6.45) is 3.39. The average molecular weight is 630 g/mol. The molecule has 4 aromatic carbocycles. The number of methoxy groups -OCH3 is 1. The van der Waals surface area contributed by atoms with Gasteiger partial charge in [-0.15, -0.1) is 0 Å². The lowest BCUT2D eigenvalue weighted by molar-refractivity contribution is -0.116. The van der Waals surface area contributed by atoms with Gasteiger partial charge in [-0.2, -0.15) is 0 Å². The predicted octanol–water partition coefficient (Wildman–Crippen LogP) is 9.71. The number of benzene rings is 4. The van der Waals surface area contributed by atoms with Crippen LogP contribution in [0.5, 0.6) is 17.2 Å². The number of amides is 2. The molecule has 0 saturated heterocycles. The van der Waals surface area contributed by atoms with Gasteiger partial charge in [-0.25, -0.2) is 4.79 Å². The van der Waals surface area contributed by atoms with E-state index in [0.29, 0.717) is 47.9 Å². The molecule has 7 nitrogen and oxygen atoms in total. The van der Waals surface area contributed by atoms with Crippen LogP contribution in [0.15, 0.2) is 85.1 Å². The van der Waals surface area contributed by atoms with E-state index in [9.17, 15) is 9.59 Å². The molecular formula is C40H43N3O4. The van der Waals surface area contributed by atoms with Gasteiger partial charge in [0.15, 0.2) is 0 Å². The van der Waals surface area contributed by atoms with Gasteiger partial charge in [-0.05, 0) is 73.6 Å². The predicted molar refractivity (Wildman–Crippen MR) is 190 cm³/mol. The minimum absolute atomic E-state index is 0.0986. The van der Waals surface area contributed by atoms with Gasteiger partial charge in [0.1, 0.15) is 23.0 Å². The minimum Gasteiger partial charge on any atom is -0.494 e. The van der Waals surface area contributed by atoms with E-state index in [1.807, 2.05) is 54.6 Å². The number of nitrogens with zero attached hydrogens (tertiary/aromatic N) is 1. The van der Waals surface area contributed by atoms with E-state index in [0.717, 1.165) is 27.6 Å². The van der Waals surface area contributed by atoms with Crippen molar-refractivity contribution in [2.75, 3.05) is 17.7 Å². The number of rotatable bonds is 10. The van der Waals surface area contributed by atoms with Gasteiger partial charge in [0, 0.05) is 41.6 Å². The van der Waals surface area contributed by atoms with Crippen LogP contribution in [0.3, 0.4) is 0 Å². The second-order valence-electron chi connectivity index (χ2n) is 13.2. The van der Waals surface area contributed by atoms with Gasteiger partial charge >= 0.3 is 6.03 Å². The summed E-state index contributed by atoms with van der Waals surface area (Å²) in [4.78, 5) is 29.8. The number of fused-ring (bicyclic) bond motifs is 1. The van der Waals surface area contributed by atoms with Gasteiger partial charge in [-0.3, -0.25) is 4.98 Å². The van der Waals surface area contributed by atoms with Crippen molar-refractivity contribution < 1.29 is 19.1 Å². The van der Waals surface area contributed by atoms with E-state index in [2.05, 4.69) is 74.5 Å². The van der Waals surface area contributed by atoms with Crippen molar-refractivity contribution in [3.8, 4) is 17.2 Å². The summed E-state index contributed by atoms with van der Waals surface area (Å²) in [7, 11) is 1.58. The number of ketones is 1. The lowest BCUT2D eigenvalue weighted by Crippen LogP contribution is -2.21. The fourth-order valence-electron chi connectivity index (χ4n) is 5.82. The highest BCUT2D eigenvalue weighted by molar-refractivity contribution is 6.08. The zero-order valence-corrected chi connectivity index (χ0v) is 28.3. The molecular weight excluding hydrogens is 586 g/mol. The molecule has 5 aromatic rings. The maximum atomic E-state index is 13.5. The van der Waals surface area contributed by atoms with Gasteiger partial charge in [-0.1, -0.05) is 80.4 Å². The van der Waals surface area contributed by atoms with Crippen LogP contribution in [0.25, 0.3) is 10.8 Å². The molecule has 0 bridgehead atoms. The number of nitrogens with one attached hydrogen (secondary N) is 2. The van der Waals surface area contributed by atoms with E-state index in [1.165, 1.54) is 16.7 Å². The molecule has 0 unspecified atom stereocenters. The number of carbonyl (C=O) groups is 2. The third-order valence-corrected chi connectivity index (χ3v) is 8.05. The van der Waals surface area contributed by atoms with Gasteiger partial charge < -0.3 is 24.9 Å². The normalized spacial score (nSPS) is 11.3. The lowest BCUT2D eigenvalue weighted by Gasteiger charge is -2.24. The van der Waals surface area contributed by atoms with Crippen LogP contribution in [0.4, 0.5) is 16.2 Å². The van der Waals surface area contributed by atoms with Crippen LogP contribution in [-0.2, 0) is 23.1 Å². The van der Waals surface area contributed by atoms with Crippen molar-refractivity contribution in [3.05, 3.63) is 119 Å². The first-order chi connectivity index (χ1) is 22.4. The number of aryl methyl sites for hydroxylation is 3. The Morgan fingerprint density at radius 2 is 1.53 bits per heavy atom. The van der Waals surface area contributed by atoms with E-state index in [1.54, 1.807) is 20.2 Å². The van der Waals surface area contributed by atoms with E-state index >= 15 is 0 Å². The Hall–Kier alpha value is -5.17. The molecule has 47 heavy (non-hydrogen) atoms. The third-order valence-electron chi connectivity index (χ3n) is 8.05. The molecule has 0 saturated carbocycles. The zero-order valence-electron chi connectivity index (χ0n) is 28.3.